The minimum absolute atomic E-state index is 0. The van der Waals surface area contributed by atoms with Gasteiger partial charge in [-0.2, -0.15) is 5.10 Å². The molecule has 1 aliphatic carbocycles. The summed E-state index contributed by atoms with van der Waals surface area (Å²) in [5, 5.41) is 21.8. The van der Waals surface area contributed by atoms with Crippen LogP contribution >= 0.6 is 12.4 Å². The fourth-order valence-corrected chi connectivity index (χ4v) is 5.28. The standard InChI is InChI=1S/C20H14FN7O6.C11H11N3O2.CH4.ClH/c21-9-2-1-7(3-10(9)26-14-13(22)15(29)16(14)30)5-24-19(32)11-4-12(20(33)34)28-18(27-11)8(6-25-28)17(23)31;12-9-4-2-6-5-7(1-3-8(6)9)10-13-11(15)16-14-10;;/h1-4,6,26H,5,22H2,(H2,23,31)(H,24,32)(H,33,34);1,3,5,9H,2,4,12H2,(H,13,14,15);1H4;1H/t;9-;;/m.0../s1. The first-order valence-corrected chi connectivity index (χ1v) is 14.6. The number of carboxylic acid groups (broad SMARTS) is 1. The number of nitrogen functional groups attached to an aromatic ring is 1. The van der Waals surface area contributed by atoms with Crippen LogP contribution in [0, 0.1) is 5.82 Å². The summed E-state index contributed by atoms with van der Waals surface area (Å²) in [4.78, 5) is 75.9. The van der Waals surface area contributed by atoms with E-state index in [9.17, 15) is 38.3 Å². The maximum absolute atomic E-state index is 14.1. The first kappa shape index (κ1) is 38.1. The summed E-state index contributed by atoms with van der Waals surface area (Å²) >= 11 is 0. The molecule has 52 heavy (non-hydrogen) atoms. The van der Waals surface area contributed by atoms with Crippen molar-refractivity contribution < 1.29 is 28.4 Å². The molecule has 0 radical (unpaired) electrons. The van der Waals surface area contributed by atoms with Gasteiger partial charge in [-0.3, -0.25) is 28.7 Å². The van der Waals surface area contributed by atoms with Crippen molar-refractivity contribution in [1.29, 1.82) is 0 Å². The number of aryl methyl sites for hydroxylation is 1. The number of benzene rings is 2. The molecule has 0 fully saturated rings. The molecule has 10 N–H and O–H groups in total. The molecule has 18 nitrogen and oxygen atoms in total. The number of aromatic nitrogens is 5. The Morgan fingerprint density at radius 3 is 2.50 bits per heavy atom. The first-order chi connectivity index (χ1) is 23.8. The Hall–Kier alpha value is -6.73. The van der Waals surface area contributed by atoms with E-state index < -0.39 is 45.9 Å². The van der Waals surface area contributed by atoms with Gasteiger partial charge in [0.2, 0.25) is 0 Å². The number of carbonyl (C=O) groups is 3. The predicted octanol–water partition coefficient (Wildman–Crippen LogP) is 1.55. The van der Waals surface area contributed by atoms with Crippen molar-refractivity contribution in [2.24, 2.45) is 11.5 Å². The molecule has 3 aromatic heterocycles. The number of rotatable bonds is 8. The van der Waals surface area contributed by atoms with E-state index in [-0.39, 0.29) is 66.4 Å². The van der Waals surface area contributed by atoms with Gasteiger partial charge in [0.05, 0.1) is 11.9 Å². The van der Waals surface area contributed by atoms with Crippen LogP contribution in [-0.2, 0) is 13.0 Å². The zero-order valence-corrected chi connectivity index (χ0v) is 26.7. The van der Waals surface area contributed by atoms with Gasteiger partial charge in [0.1, 0.15) is 28.4 Å². The van der Waals surface area contributed by atoms with Crippen molar-refractivity contribution in [3.8, 4) is 11.4 Å². The number of aromatic amines is 1. The lowest BCUT2D eigenvalue weighted by molar-refractivity contribution is 0.0686. The highest BCUT2D eigenvalue weighted by Gasteiger charge is 2.23. The molecule has 270 valence electrons. The Morgan fingerprint density at radius 2 is 1.85 bits per heavy atom. The molecule has 1 aliphatic rings. The Kier molecular flexibility index (Phi) is 11.0. The van der Waals surface area contributed by atoms with E-state index in [1.807, 2.05) is 18.2 Å². The number of nitrogens with zero attached hydrogens (tertiary/aromatic N) is 4. The average molecular weight is 737 g/mol. The smallest absolute Gasteiger partial charge is 0.439 e. The van der Waals surface area contributed by atoms with Crippen molar-refractivity contribution in [2.75, 3.05) is 11.1 Å². The van der Waals surface area contributed by atoms with Crippen LogP contribution in [0.1, 0.15) is 67.9 Å². The largest absolute Gasteiger partial charge is 0.477 e. The predicted molar refractivity (Wildman–Crippen MR) is 187 cm³/mol. The van der Waals surface area contributed by atoms with Crippen molar-refractivity contribution in [3.63, 3.8) is 0 Å². The normalized spacial score (nSPS) is 12.9. The number of carboxylic acids is 1. The summed E-state index contributed by atoms with van der Waals surface area (Å²) < 4.78 is 19.5. The van der Waals surface area contributed by atoms with E-state index in [0.29, 0.717) is 11.4 Å². The molecule has 0 saturated carbocycles. The summed E-state index contributed by atoms with van der Waals surface area (Å²) in [6.07, 6.45) is 3.00. The maximum atomic E-state index is 14.1. The van der Waals surface area contributed by atoms with Gasteiger partial charge in [-0.05, 0) is 47.7 Å². The van der Waals surface area contributed by atoms with Crippen LogP contribution in [0.5, 0.6) is 0 Å². The van der Waals surface area contributed by atoms with Crippen LogP contribution in [0.15, 0.2) is 67.6 Å². The highest BCUT2D eigenvalue weighted by Crippen LogP contribution is 2.31. The lowest BCUT2D eigenvalue weighted by Gasteiger charge is -2.12. The number of fused-ring (bicyclic) bond motifs is 2. The van der Waals surface area contributed by atoms with Gasteiger partial charge in [0.25, 0.3) is 22.7 Å². The molecule has 0 unspecified atom stereocenters. The minimum Gasteiger partial charge on any atom is -0.477 e. The zero-order valence-electron chi connectivity index (χ0n) is 25.9. The van der Waals surface area contributed by atoms with Gasteiger partial charge in [-0.25, -0.2) is 23.5 Å². The van der Waals surface area contributed by atoms with Crippen molar-refractivity contribution in [2.45, 2.75) is 32.9 Å². The van der Waals surface area contributed by atoms with Gasteiger partial charge in [-0.1, -0.05) is 30.8 Å². The van der Waals surface area contributed by atoms with Gasteiger partial charge >= 0.3 is 11.7 Å². The van der Waals surface area contributed by atoms with Crippen molar-refractivity contribution in [1.82, 2.24) is 30.1 Å². The van der Waals surface area contributed by atoms with Crippen LogP contribution in [0.3, 0.4) is 0 Å². The summed E-state index contributed by atoms with van der Waals surface area (Å²) in [5.74, 6) is -3.94. The SMILES string of the molecule is C.Cl.NC(=O)c1cnn2c(C(=O)O)cc(C(=O)NCc3ccc(F)c(Nc4c(N)c(=O)c4=O)c3)nc12.N[C@H]1CCc2cc(-c3noc(=O)[nH]3)ccc21. The van der Waals surface area contributed by atoms with Crippen LogP contribution < -0.4 is 44.4 Å². The lowest BCUT2D eigenvalue weighted by Crippen LogP contribution is -2.36. The third-order valence-electron chi connectivity index (χ3n) is 7.86. The Balaban J connectivity index is 0.000000281. The van der Waals surface area contributed by atoms with Gasteiger partial charge in [-0.15, -0.1) is 12.4 Å². The molecule has 0 saturated heterocycles. The molecule has 0 bridgehead atoms. The lowest BCUT2D eigenvalue weighted by atomic mass is 10.0. The summed E-state index contributed by atoms with van der Waals surface area (Å²) in [7, 11) is 0. The Morgan fingerprint density at radius 1 is 1.10 bits per heavy atom. The van der Waals surface area contributed by atoms with Gasteiger partial charge in [0.15, 0.2) is 17.2 Å². The second kappa shape index (κ2) is 15.0. The monoisotopic (exact) mass is 736 g/mol. The van der Waals surface area contributed by atoms with E-state index in [4.69, 9.17) is 17.2 Å². The molecule has 20 heteroatoms. The second-order valence-electron chi connectivity index (χ2n) is 11.1. The molecule has 6 aromatic rings. The number of amides is 2. The summed E-state index contributed by atoms with van der Waals surface area (Å²) in [6, 6.07) is 10.7. The van der Waals surface area contributed by atoms with Crippen LogP contribution in [0.4, 0.5) is 21.5 Å². The highest BCUT2D eigenvalue weighted by molar-refractivity contribution is 6.01. The van der Waals surface area contributed by atoms with E-state index in [2.05, 4.69) is 35.4 Å². The third kappa shape index (κ3) is 7.25. The van der Waals surface area contributed by atoms with E-state index in [1.54, 1.807) is 0 Å². The molecule has 1 atom stereocenters. The summed E-state index contributed by atoms with van der Waals surface area (Å²) in [5.41, 5.74) is 16.7. The fraction of sp³-hybridized carbons (Fsp3) is 0.156. The van der Waals surface area contributed by atoms with Gasteiger partial charge < -0.3 is 32.9 Å². The fourth-order valence-electron chi connectivity index (χ4n) is 5.28. The number of hydrogen-bond acceptors (Lipinski definition) is 13. The summed E-state index contributed by atoms with van der Waals surface area (Å²) in [6.45, 7) is -0.146. The molecule has 7 rings (SSSR count). The Bertz CT molecular complexity index is 2480. The molecular weight excluding hydrogens is 707 g/mol. The number of carbonyl (C=O) groups excluding carboxylic acids is 2. The molecule has 2 amide bonds. The topological polar surface area (TPSA) is 297 Å². The highest BCUT2D eigenvalue weighted by atomic mass is 35.5. The van der Waals surface area contributed by atoms with E-state index in [1.165, 1.54) is 23.3 Å². The molecule has 0 aliphatic heterocycles. The van der Waals surface area contributed by atoms with E-state index >= 15 is 0 Å². The maximum Gasteiger partial charge on any atom is 0.439 e. The minimum atomic E-state index is -1.42. The van der Waals surface area contributed by atoms with Crippen LogP contribution in [0.25, 0.3) is 17.0 Å². The van der Waals surface area contributed by atoms with Crippen molar-refractivity contribution in [3.05, 3.63) is 119 Å². The number of halogens is 2. The third-order valence-corrected chi connectivity index (χ3v) is 7.86. The average Bonchev–Trinajstić information content (AvgIpc) is 3.84. The number of H-pyrrole nitrogens is 1. The number of aromatic carboxylic acids is 1. The number of anilines is 3. The molecule has 3 aromatic carbocycles. The zero-order chi connectivity index (χ0) is 35.9. The van der Waals surface area contributed by atoms with Gasteiger partial charge in [0, 0.05) is 24.2 Å². The van der Waals surface area contributed by atoms with Crippen molar-refractivity contribution >= 4 is 52.9 Å². The Labute approximate surface area is 296 Å². The number of hydrogen-bond donors (Lipinski definition) is 7. The number of primary amides is 1. The first-order valence-electron chi connectivity index (χ1n) is 14.6. The van der Waals surface area contributed by atoms with E-state index in [0.717, 1.165) is 41.3 Å². The molecular formula is C32H30ClFN10O8. The molecule has 3 heterocycles. The number of nitrogens with two attached hydrogens (primary N) is 3. The number of nitrogens with one attached hydrogen (secondary N) is 3. The molecule has 0 spiro atoms. The second-order valence-corrected chi connectivity index (χ2v) is 11.1. The van der Waals surface area contributed by atoms with Crippen LogP contribution in [0.2, 0.25) is 0 Å². The van der Waals surface area contributed by atoms with Crippen LogP contribution in [-0.4, -0.2) is 47.6 Å². The quantitative estimate of drug-likeness (QED) is 0.109.